The Bertz CT molecular complexity index is 342. The summed E-state index contributed by atoms with van der Waals surface area (Å²) in [6, 6.07) is 4.72. The summed E-state index contributed by atoms with van der Waals surface area (Å²) in [7, 11) is -1.01. The van der Waals surface area contributed by atoms with Crippen LogP contribution in [0.4, 0.5) is 0 Å². The maximum absolute atomic E-state index is 4.53. The Hall–Kier alpha value is 0.567. The van der Waals surface area contributed by atoms with Gasteiger partial charge >= 0.3 is 0 Å². The molecule has 0 saturated heterocycles. The zero-order valence-electron chi connectivity index (χ0n) is 24.5. The fourth-order valence-electron chi connectivity index (χ4n) is 5.67. The summed E-state index contributed by atoms with van der Waals surface area (Å²) in [5.74, 6) is 1.10. The van der Waals surface area contributed by atoms with Crippen molar-refractivity contribution in [1.82, 2.24) is 0 Å². The second-order valence-electron chi connectivity index (χ2n) is 11.9. The van der Waals surface area contributed by atoms with Gasteiger partial charge in [-0.2, -0.15) is 12.6 Å². The molecule has 0 N–H and O–H groups in total. The van der Waals surface area contributed by atoms with E-state index < -0.39 is 8.07 Å². The molecule has 0 aliphatic rings. The van der Waals surface area contributed by atoms with Gasteiger partial charge in [-0.1, -0.05) is 193 Å². The van der Waals surface area contributed by atoms with Gasteiger partial charge in [0.2, 0.25) is 0 Å². The Kier molecular flexibility index (Phi) is 28.6. The van der Waals surface area contributed by atoms with Gasteiger partial charge in [0.15, 0.2) is 0 Å². The van der Waals surface area contributed by atoms with Crippen molar-refractivity contribution in [3.63, 3.8) is 0 Å². The van der Waals surface area contributed by atoms with Crippen LogP contribution in [0.2, 0.25) is 24.7 Å². The lowest BCUT2D eigenvalue weighted by atomic mass is 10.1. The van der Waals surface area contributed by atoms with Crippen LogP contribution in [0.25, 0.3) is 0 Å². The van der Waals surface area contributed by atoms with E-state index in [1.54, 1.807) is 12.1 Å². The minimum atomic E-state index is -1.01. The molecule has 0 nitrogen and oxygen atoms in total. The number of thiol groups is 1. The first kappa shape index (κ1) is 34.6. The second-order valence-corrected chi connectivity index (χ2v) is 17.5. The van der Waals surface area contributed by atoms with Gasteiger partial charge in [-0.05, 0) is 12.2 Å². The summed E-state index contributed by atoms with van der Waals surface area (Å²) in [5.41, 5.74) is 0. The third kappa shape index (κ3) is 25.7. The fraction of sp³-hybridized carbons (Fsp3) is 1.00. The monoisotopic (exact) mass is 512 g/mol. The lowest BCUT2D eigenvalue weighted by Gasteiger charge is -2.27. The predicted molar refractivity (Wildman–Crippen MR) is 167 cm³/mol. The molecule has 0 bridgehead atoms. The molecule has 0 spiro atoms. The average Bonchev–Trinajstić information content (AvgIpc) is 2.84. The Balaban J connectivity index is 3.67. The first-order valence-electron chi connectivity index (χ1n) is 16.3. The molecule has 206 valence electrons. The van der Waals surface area contributed by atoms with Crippen molar-refractivity contribution in [2.45, 2.75) is 199 Å². The van der Waals surface area contributed by atoms with E-state index in [9.17, 15) is 0 Å². The number of hydrogen-bond donors (Lipinski definition) is 1. The Morgan fingerprint density at radius 3 is 0.853 bits per heavy atom. The highest BCUT2D eigenvalue weighted by Gasteiger charge is 2.25. The van der Waals surface area contributed by atoms with Crippen LogP contribution >= 0.6 is 12.6 Å². The van der Waals surface area contributed by atoms with Gasteiger partial charge in [0.25, 0.3) is 0 Å². The summed E-state index contributed by atoms with van der Waals surface area (Å²) >= 11 is 4.53. The van der Waals surface area contributed by atoms with Gasteiger partial charge in [0.1, 0.15) is 0 Å². The highest BCUT2D eigenvalue weighted by molar-refractivity contribution is 7.80. The van der Waals surface area contributed by atoms with Crippen molar-refractivity contribution in [3.8, 4) is 0 Å². The van der Waals surface area contributed by atoms with Gasteiger partial charge in [0, 0.05) is 0 Å². The lowest BCUT2D eigenvalue weighted by Crippen LogP contribution is -2.29. The molecule has 2 heteroatoms. The molecule has 0 aromatic rings. The van der Waals surface area contributed by atoms with Gasteiger partial charge in [-0.25, -0.2) is 0 Å². The van der Waals surface area contributed by atoms with E-state index in [-0.39, 0.29) is 0 Å². The average molecular weight is 513 g/mol. The van der Waals surface area contributed by atoms with Crippen molar-refractivity contribution < 1.29 is 0 Å². The molecule has 0 heterocycles. The molecule has 0 radical (unpaired) electrons. The summed E-state index contributed by atoms with van der Waals surface area (Å²) in [4.78, 5) is 0. The molecule has 0 saturated carbocycles. The predicted octanol–water partition coefficient (Wildman–Crippen LogP) is 12.8. The normalized spacial score (nSPS) is 12.0. The Morgan fingerprint density at radius 1 is 0.353 bits per heavy atom. The molecular weight excluding hydrogens is 445 g/mol. The second kappa shape index (κ2) is 28.1. The Labute approximate surface area is 225 Å². The van der Waals surface area contributed by atoms with Crippen LogP contribution in [-0.2, 0) is 0 Å². The molecule has 0 atom stereocenters. The molecule has 0 aromatic carbocycles. The third-order valence-corrected chi connectivity index (χ3v) is 13.2. The van der Waals surface area contributed by atoms with Gasteiger partial charge in [0.05, 0.1) is 8.07 Å². The molecule has 0 aliphatic heterocycles. The minimum absolute atomic E-state index is 1.01. The van der Waals surface area contributed by atoms with E-state index in [0.717, 1.165) is 5.75 Å². The first-order chi connectivity index (χ1) is 16.7. The zero-order chi connectivity index (χ0) is 25.0. The van der Waals surface area contributed by atoms with Crippen molar-refractivity contribution in [3.05, 3.63) is 0 Å². The molecule has 0 fully saturated rings. The molecule has 0 rings (SSSR count). The number of rotatable bonds is 29. The molecular formula is C32H68SSi. The highest BCUT2D eigenvalue weighted by Crippen LogP contribution is 2.29. The van der Waals surface area contributed by atoms with Gasteiger partial charge in [-0.3, -0.25) is 0 Å². The van der Waals surface area contributed by atoms with Crippen molar-refractivity contribution >= 4 is 20.7 Å². The van der Waals surface area contributed by atoms with E-state index in [4.69, 9.17) is 0 Å². The third-order valence-electron chi connectivity index (χ3n) is 8.21. The molecule has 0 amide bonds. The highest BCUT2D eigenvalue weighted by atomic mass is 32.1. The maximum Gasteiger partial charge on any atom is 0.0505 e. The van der Waals surface area contributed by atoms with Crippen LogP contribution in [0.15, 0.2) is 0 Å². The van der Waals surface area contributed by atoms with Crippen LogP contribution in [0.3, 0.4) is 0 Å². The first-order valence-corrected chi connectivity index (χ1v) is 20.0. The summed E-state index contributed by atoms with van der Waals surface area (Å²) < 4.78 is 0. The van der Waals surface area contributed by atoms with Crippen LogP contribution in [0.5, 0.6) is 0 Å². The SMILES string of the molecule is CCCCCCCCCCCCCC[Si](C)(CCCS)CCCCCCCCCCCCCC. The van der Waals surface area contributed by atoms with Gasteiger partial charge in [-0.15, -0.1) is 0 Å². The van der Waals surface area contributed by atoms with E-state index >= 15 is 0 Å². The minimum Gasteiger partial charge on any atom is -0.179 e. The van der Waals surface area contributed by atoms with E-state index in [2.05, 4.69) is 33.0 Å². The quantitative estimate of drug-likeness (QED) is 0.0574. The lowest BCUT2D eigenvalue weighted by molar-refractivity contribution is 0.545. The van der Waals surface area contributed by atoms with Crippen LogP contribution < -0.4 is 0 Å². The molecule has 0 aromatic heterocycles. The largest absolute Gasteiger partial charge is 0.179 e. The van der Waals surface area contributed by atoms with Crippen LogP contribution in [0.1, 0.15) is 174 Å². The summed E-state index contributed by atoms with van der Waals surface area (Å²) in [6.07, 6.45) is 36.7. The topological polar surface area (TPSA) is 0 Å². The van der Waals surface area contributed by atoms with Crippen molar-refractivity contribution in [2.75, 3.05) is 5.75 Å². The van der Waals surface area contributed by atoms with E-state index in [1.165, 1.54) is 167 Å². The fourth-order valence-corrected chi connectivity index (χ4v) is 10.1. The van der Waals surface area contributed by atoms with Crippen molar-refractivity contribution in [1.29, 1.82) is 0 Å². The van der Waals surface area contributed by atoms with E-state index in [1.807, 2.05) is 0 Å². The number of unbranched alkanes of at least 4 members (excludes halogenated alkanes) is 22. The smallest absolute Gasteiger partial charge is 0.0505 e. The number of hydrogen-bond acceptors (Lipinski definition) is 1. The van der Waals surface area contributed by atoms with E-state index in [0.29, 0.717) is 0 Å². The molecule has 34 heavy (non-hydrogen) atoms. The van der Waals surface area contributed by atoms with Crippen LogP contribution in [-0.4, -0.2) is 13.8 Å². The maximum atomic E-state index is 4.53. The Morgan fingerprint density at radius 2 is 0.588 bits per heavy atom. The van der Waals surface area contributed by atoms with Gasteiger partial charge < -0.3 is 0 Å². The van der Waals surface area contributed by atoms with Crippen LogP contribution in [0, 0.1) is 0 Å². The standard InChI is InChI=1S/C32H68SSi/c1-4-6-8-10-12-14-16-18-20-22-24-26-30-34(3,32-28-29-33)31-27-25-23-21-19-17-15-13-11-9-7-5-2/h33H,4-32H2,1-3H3. The summed E-state index contributed by atoms with van der Waals surface area (Å²) in [5, 5.41) is 0. The molecule has 0 aliphatic carbocycles. The molecule has 0 unspecified atom stereocenters. The van der Waals surface area contributed by atoms with Crippen molar-refractivity contribution in [2.24, 2.45) is 0 Å². The zero-order valence-corrected chi connectivity index (χ0v) is 26.3. The summed E-state index contributed by atoms with van der Waals surface area (Å²) in [6.45, 7) is 7.35.